The molecule has 1 aliphatic heterocycles. The Bertz CT molecular complexity index is 1700. The van der Waals surface area contributed by atoms with Gasteiger partial charge in [-0.3, -0.25) is 14.7 Å². The number of amidine groups is 1. The van der Waals surface area contributed by atoms with Crippen LogP contribution in [0.5, 0.6) is 11.5 Å². The molecular weight excluding hydrogens is 530 g/mol. The summed E-state index contributed by atoms with van der Waals surface area (Å²) in [6, 6.07) is 23.4. The maximum absolute atomic E-state index is 14.0. The van der Waals surface area contributed by atoms with Crippen molar-refractivity contribution in [3.8, 4) is 11.5 Å². The first kappa shape index (κ1) is 27.9. The summed E-state index contributed by atoms with van der Waals surface area (Å²) in [5.41, 5.74) is 9.64. The number of imidazole rings is 1. The average molecular weight is 562 g/mol. The number of carbonyl (C=O) groups excluding carboxylic acids is 2. The summed E-state index contributed by atoms with van der Waals surface area (Å²) in [6.45, 7) is 1.73. The summed E-state index contributed by atoms with van der Waals surface area (Å²) in [4.78, 5) is 40.1. The lowest BCUT2D eigenvalue weighted by molar-refractivity contribution is -0.113. The molecule has 2 heterocycles. The number of allylic oxidation sites excluding steroid dienone is 1. The van der Waals surface area contributed by atoms with Crippen LogP contribution in [0.15, 0.2) is 114 Å². The van der Waals surface area contributed by atoms with Gasteiger partial charge in [0, 0.05) is 44.8 Å². The number of amides is 3. The molecule has 0 atom stereocenters. The largest absolute Gasteiger partial charge is 0.457 e. The van der Waals surface area contributed by atoms with Crippen molar-refractivity contribution in [3.05, 3.63) is 115 Å². The molecule has 0 spiro atoms. The van der Waals surface area contributed by atoms with E-state index in [1.807, 2.05) is 43.6 Å². The molecule has 0 radical (unpaired) electrons. The van der Waals surface area contributed by atoms with Gasteiger partial charge >= 0.3 is 6.03 Å². The molecule has 0 unspecified atom stereocenters. The number of aryl methyl sites for hydroxylation is 1. The van der Waals surface area contributed by atoms with Gasteiger partial charge in [-0.05, 0) is 67.6 Å². The van der Waals surface area contributed by atoms with E-state index in [1.54, 1.807) is 86.5 Å². The van der Waals surface area contributed by atoms with Gasteiger partial charge in [0.15, 0.2) is 5.84 Å². The standard InChI is InChI=1S/C32H31N7O3/c1-22(33)30-31(34-2)39(32(41)38(30)24-14-16-28(17-15-24)42-27-11-6-5-7-12-27)26-10-8-9-25(19-26)37(4)29(40)18-13-23-20-36(3)21-35-23/h5-21H,33H2,1-4H3/b18-13+,30-22-,34-31?. The van der Waals surface area contributed by atoms with E-state index in [9.17, 15) is 9.59 Å². The normalized spacial score (nSPS) is 15.5. The highest BCUT2D eigenvalue weighted by Crippen LogP contribution is 2.36. The van der Waals surface area contributed by atoms with Gasteiger partial charge in [-0.15, -0.1) is 0 Å². The molecule has 4 aromatic rings. The molecule has 10 nitrogen and oxygen atoms in total. The highest BCUT2D eigenvalue weighted by molar-refractivity contribution is 6.36. The number of ether oxygens (including phenoxy) is 1. The van der Waals surface area contributed by atoms with E-state index < -0.39 is 0 Å². The number of urea groups is 1. The van der Waals surface area contributed by atoms with E-state index in [0.717, 1.165) is 0 Å². The van der Waals surface area contributed by atoms with Crippen LogP contribution in [0.1, 0.15) is 12.6 Å². The summed E-state index contributed by atoms with van der Waals surface area (Å²) in [5, 5.41) is 0. The predicted octanol–water partition coefficient (Wildman–Crippen LogP) is 5.55. The van der Waals surface area contributed by atoms with Gasteiger partial charge in [0.1, 0.15) is 17.2 Å². The third-order valence-electron chi connectivity index (χ3n) is 6.62. The number of carbonyl (C=O) groups is 2. The van der Waals surface area contributed by atoms with E-state index in [1.165, 1.54) is 20.8 Å². The molecule has 1 aliphatic rings. The smallest absolute Gasteiger partial charge is 0.339 e. The lowest BCUT2D eigenvalue weighted by Crippen LogP contribution is -2.33. The van der Waals surface area contributed by atoms with Crippen LogP contribution in [0, 0.1) is 0 Å². The maximum Gasteiger partial charge on any atom is 0.339 e. The Hall–Kier alpha value is -5.64. The zero-order valence-corrected chi connectivity index (χ0v) is 23.8. The number of rotatable bonds is 7. The molecule has 5 rings (SSSR count). The van der Waals surface area contributed by atoms with Crippen LogP contribution in [-0.2, 0) is 11.8 Å². The van der Waals surface area contributed by atoms with Gasteiger partial charge in [-0.2, -0.15) is 0 Å². The second-order valence-electron chi connectivity index (χ2n) is 9.66. The minimum Gasteiger partial charge on any atom is -0.457 e. The highest BCUT2D eigenvalue weighted by Gasteiger charge is 2.42. The van der Waals surface area contributed by atoms with E-state index in [4.69, 9.17) is 10.5 Å². The van der Waals surface area contributed by atoms with Gasteiger partial charge < -0.3 is 19.9 Å². The Balaban J connectivity index is 1.42. The molecular formula is C32H31N7O3. The Morgan fingerprint density at radius 1 is 0.976 bits per heavy atom. The number of aliphatic imine (C=N–C) groups is 1. The van der Waals surface area contributed by atoms with Crippen molar-refractivity contribution < 1.29 is 14.3 Å². The topological polar surface area (TPSA) is 109 Å². The van der Waals surface area contributed by atoms with Gasteiger partial charge in [0.05, 0.1) is 23.4 Å². The Kier molecular flexibility index (Phi) is 7.87. The number of hydrogen-bond acceptors (Lipinski definition) is 6. The maximum atomic E-state index is 14.0. The lowest BCUT2D eigenvalue weighted by atomic mass is 10.2. The van der Waals surface area contributed by atoms with Crippen molar-refractivity contribution in [2.24, 2.45) is 17.8 Å². The summed E-state index contributed by atoms with van der Waals surface area (Å²) in [5.74, 6) is 1.49. The fourth-order valence-corrected chi connectivity index (χ4v) is 4.57. The van der Waals surface area contributed by atoms with Crippen LogP contribution in [0.2, 0.25) is 0 Å². The second-order valence-corrected chi connectivity index (χ2v) is 9.66. The molecule has 1 aromatic heterocycles. The second kappa shape index (κ2) is 11.8. The first-order chi connectivity index (χ1) is 20.3. The van der Waals surface area contributed by atoms with E-state index in [-0.39, 0.29) is 11.9 Å². The molecule has 3 amide bonds. The van der Waals surface area contributed by atoms with E-state index >= 15 is 0 Å². The lowest BCUT2D eigenvalue weighted by Gasteiger charge is -2.21. The number of benzene rings is 3. The fourth-order valence-electron chi connectivity index (χ4n) is 4.57. The van der Waals surface area contributed by atoms with Gasteiger partial charge in [0.25, 0.3) is 5.91 Å². The van der Waals surface area contributed by atoms with Crippen LogP contribution in [-0.4, -0.2) is 41.4 Å². The van der Waals surface area contributed by atoms with Crippen molar-refractivity contribution in [2.75, 3.05) is 28.8 Å². The van der Waals surface area contributed by atoms with E-state index in [0.29, 0.717) is 51.5 Å². The van der Waals surface area contributed by atoms with Crippen molar-refractivity contribution in [3.63, 3.8) is 0 Å². The molecule has 3 aromatic carbocycles. The van der Waals surface area contributed by atoms with Crippen molar-refractivity contribution in [1.82, 2.24) is 9.55 Å². The molecule has 1 saturated heterocycles. The van der Waals surface area contributed by atoms with Crippen molar-refractivity contribution >= 4 is 40.9 Å². The number of hydrogen-bond donors (Lipinski definition) is 1. The zero-order valence-electron chi connectivity index (χ0n) is 23.8. The van der Waals surface area contributed by atoms with Gasteiger partial charge in [0.2, 0.25) is 0 Å². The molecule has 42 heavy (non-hydrogen) atoms. The third kappa shape index (κ3) is 5.64. The van der Waals surface area contributed by atoms with Gasteiger partial charge in [-0.25, -0.2) is 14.7 Å². The minimum absolute atomic E-state index is 0.243. The van der Waals surface area contributed by atoms with Crippen LogP contribution < -0.4 is 25.2 Å². The summed E-state index contributed by atoms with van der Waals surface area (Å²) in [7, 11) is 5.15. The number of aromatic nitrogens is 2. The number of nitrogens with two attached hydrogens (primary N) is 1. The van der Waals surface area contributed by atoms with Gasteiger partial charge in [-0.1, -0.05) is 24.3 Å². The van der Waals surface area contributed by atoms with Crippen LogP contribution >= 0.6 is 0 Å². The predicted molar refractivity (Wildman–Crippen MR) is 166 cm³/mol. The number of likely N-dealkylation sites (N-methyl/N-ethyl adjacent to an activating group) is 1. The fraction of sp³-hybridized carbons (Fsp3) is 0.125. The highest BCUT2D eigenvalue weighted by atomic mass is 16.5. The first-order valence-electron chi connectivity index (χ1n) is 13.2. The third-order valence-corrected chi connectivity index (χ3v) is 6.62. The summed E-state index contributed by atoms with van der Waals surface area (Å²) >= 11 is 0. The monoisotopic (exact) mass is 561 g/mol. The van der Waals surface area contributed by atoms with Crippen molar-refractivity contribution in [2.45, 2.75) is 6.92 Å². The van der Waals surface area contributed by atoms with Crippen LogP contribution in [0.3, 0.4) is 0 Å². The first-order valence-corrected chi connectivity index (χ1v) is 13.2. The molecule has 1 fully saturated rings. The molecule has 0 bridgehead atoms. The summed E-state index contributed by atoms with van der Waals surface area (Å²) in [6.07, 6.45) is 6.60. The SMILES string of the molecule is CN=C1/C(=C(\C)N)N(c2ccc(Oc3ccccc3)cc2)C(=O)N1c1cccc(N(C)C(=O)/C=C/c2cn(C)cn2)c1. The minimum atomic E-state index is -0.353. The van der Waals surface area contributed by atoms with Crippen molar-refractivity contribution in [1.29, 1.82) is 0 Å². The average Bonchev–Trinajstić information content (AvgIpc) is 3.56. The molecule has 10 heteroatoms. The van der Waals surface area contributed by atoms with Crippen LogP contribution in [0.4, 0.5) is 21.9 Å². The Morgan fingerprint density at radius 3 is 2.33 bits per heavy atom. The Morgan fingerprint density at radius 2 is 1.69 bits per heavy atom. The number of nitrogens with zero attached hydrogens (tertiary/aromatic N) is 6. The van der Waals surface area contributed by atoms with Crippen LogP contribution in [0.25, 0.3) is 6.08 Å². The Labute approximate surface area is 244 Å². The summed E-state index contributed by atoms with van der Waals surface area (Å²) < 4.78 is 7.72. The number of para-hydroxylation sites is 1. The number of anilines is 3. The molecule has 212 valence electrons. The molecule has 2 N–H and O–H groups in total. The molecule has 0 saturated carbocycles. The zero-order chi connectivity index (χ0) is 29.8. The quantitative estimate of drug-likeness (QED) is 0.298. The molecule has 0 aliphatic carbocycles. The van der Waals surface area contributed by atoms with E-state index in [2.05, 4.69) is 9.98 Å².